The number of fused-ring (bicyclic) bond motifs is 1. The molecule has 0 saturated heterocycles. The van der Waals surface area contributed by atoms with Crippen LogP contribution in [0.5, 0.6) is 0 Å². The average Bonchev–Trinajstić information content (AvgIpc) is 2.38. The number of hydrogen-bond acceptors (Lipinski definition) is 2. The average molecular weight is 224 g/mol. The lowest BCUT2D eigenvalue weighted by molar-refractivity contribution is -0.118. The molecule has 1 aliphatic rings. The Balaban J connectivity index is 2.11. The first kappa shape index (κ1) is 10.1. The molecule has 2 aromatic rings. The van der Waals surface area contributed by atoms with Gasteiger partial charge in [-0.2, -0.15) is 0 Å². The van der Waals surface area contributed by atoms with Crippen molar-refractivity contribution in [2.75, 3.05) is 0 Å². The molecule has 1 heterocycles. The fourth-order valence-corrected chi connectivity index (χ4v) is 2.22. The highest BCUT2D eigenvalue weighted by Gasteiger charge is 2.20. The quantitative estimate of drug-likeness (QED) is 0.742. The Bertz CT molecular complexity index is 593. The Hall–Kier alpha value is -2.09. The van der Waals surface area contributed by atoms with Crippen LogP contribution in [0.2, 0.25) is 0 Å². The van der Waals surface area contributed by atoms with Crippen molar-refractivity contribution in [2.45, 2.75) is 12.5 Å². The minimum atomic E-state index is -0.154. The summed E-state index contributed by atoms with van der Waals surface area (Å²) in [6.45, 7) is 0. The first-order chi connectivity index (χ1) is 8.34. The van der Waals surface area contributed by atoms with E-state index in [0.717, 1.165) is 10.9 Å². The maximum absolute atomic E-state index is 11.4. The van der Waals surface area contributed by atoms with Crippen molar-refractivity contribution >= 4 is 16.6 Å². The summed E-state index contributed by atoms with van der Waals surface area (Å²) in [6, 6.07) is 14.3. The van der Waals surface area contributed by atoms with Crippen molar-refractivity contribution in [3.8, 4) is 0 Å². The number of ether oxygens (including phenoxy) is 1. The van der Waals surface area contributed by atoms with Gasteiger partial charge in [0.1, 0.15) is 6.10 Å². The summed E-state index contributed by atoms with van der Waals surface area (Å²) in [5, 5.41) is 2.33. The predicted molar refractivity (Wildman–Crippen MR) is 66.5 cm³/mol. The highest BCUT2D eigenvalue weighted by molar-refractivity contribution is 5.92. The first-order valence-electron chi connectivity index (χ1n) is 5.67. The van der Waals surface area contributed by atoms with E-state index in [1.54, 1.807) is 0 Å². The van der Waals surface area contributed by atoms with Crippen LogP contribution in [0.15, 0.2) is 54.8 Å². The van der Waals surface area contributed by atoms with Crippen LogP contribution >= 0.6 is 0 Å². The zero-order chi connectivity index (χ0) is 11.7. The van der Waals surface area contributed by atoms with Crippen LogP contribution in [0, 0.1) is 0 Å². The van der Waals surface area contributed by atoms with Gasteiger partial charge in [-0.3, -0.25) is 4.79 Å². The standard InChI is InChI=1S/C15H12O2/c16-12-8-9-17-15(10-12)14-7-3-5-11-4-1-2-6-13(11)14/h1-9,15H,10H2. The molecule has 17 heavy (non-hydrogen) atoms. The summed E-state index contributed by atoms with van der Waals surface area (Å²) < 4.78 is 5.54. The van der Waals surface area contributed by atoms with Crippen LogP contribution in [0.4, 0.5) is 0 Å². The third-order valence-corrected chi connectivity index (χ3v) is 3.05. The van der Waals surface area contributed by atoms with E-state index >= 15 is 0 Å². The Morgan fingerprint density at radius 3 is 2.76 bits per heavy atom. The van der Waals surface area contributed by atoms with Crippen molar-refractivity contribution < 1.29 is 9.53 Å². The van der Waals surface area contributed by atoms with Gasteiger partial charge in [-0.05, 0) is 10.8 Å². The second-order valence-corrected chi connectivity index (χ2v) is 4.17. The van der Waals surface area contributed by atoms with Crippen LogP contribution in [0.3, 0.4) is 0 Å². The van der Waals surface area contributed by atoms with E-state index in [1.165, 1.54) is 17.7 Å². The van der Waals surface area contributed by atoms with Crippen molar-refractivity contribution in [1.82, 2.24) is 0 Å². The number of allylic oxidation sites excluding steroid dienone is 1. The predicted octanol–water partition coefficient (Wildman–Crippen LogP) is 3.38. The third-order valence-electron chi connectivity index (χ3n) is 3.05. The molecular formula is C15H12O2. The van der Waals surface area contributed by atoms with Crippen molar-refractivity contribution in [1.29, 1.82) is 0 Å². The topological polar surface area (TPSA) is 26.3 Å². The van der Waals surface area contributed by atoms with Crippen LogP contribution in [-0.2, 0) is 9.53 Å². The molecule has 2 aromatic carbocycles. The minimum Gasteiger partial charge on any atom is -0.493 e. The highest BCUT2D eigenvalue weighted by Crippen LogP contribution is 2.30. The Morgan fingerprint density at radius 1 is 1.06 bits per heavy atom. The molecule has 1 aliphatic heterocycles. The Labute approximate surface area is 99.5 Å². The lowest BCUT2D eigenvalue weighted by Crippen LogP contribution is -2.11. The van der Waals surface area contributed by atoms with Gasteiger partial charge in [-0.15, -0.1) is 0 Å². The first-order valence-corrected chi connectivity index (χ1v) is 5.67. The Kier molecular flexibility index (Phi) is 2.41. The molecule has 0 fully saturated rings. The van der Waals surface area contributed by atoms with Gasteiger partial charge in [0.15, 0.2) is 5.78 Å². The molecule has 0 bridgehead atoms. The summed E-state index contributed by atoms with van der Waals surface area (Å²) in [7, 11) is 0. The maximum Gasteiger partial charge on any atom is 0.162 e. The largest absolute Gasteiger partial charge is 0.493 e. The van der Waals surface area contributed by atoms with Crippen molar-refractivity contribution in [3.63, 3.8) is 0 Å². The zero-order valence-corrected chi connectivity index (χ0v) is 9.30. The summed E-state index contributed by atoms with van der Waals surface area (Å²) in [4.78, 5) is 11.4. The molecule has 0 amide bonds. The molecule has 2 heteroatoms. The maximum atomic E-state index is 11.4. The van der Waals surface area contributed by atoms with Gasteiger partial charge in [-0.25, -0.2) is 0 Å². The van der Waals surface area contributed by atoms with Gasteiger partial charge in [0, 0.05) is 11.6 Å². The summed E-state index contributed by atoms with van der Waals surface area (Å²) >= 11 is 0. The summed E-state index contributed by atoms with van der Waals surface area (Å²) in [5.74, 6) is 0.120. The van der Waals surface area contributed by atoms with E-state index in [9.17, 15) is 4.79 Å². The van der Waals surface area contributed by atoms with E-state index in [-0.39, 0.29) is 11.9 Å². The molecule has 0 aromatic heterocycles. The second-order valence-electron chi connectivity index (χ2n) is 4.17. The zero-order valence-electron chi connectivity index (χ0n) is 9.30. The van der Waals surface area contributed by atoms with Gasteiger partial charge in [0.25, 0.3) is 0 Å². The number of rotatable bonds is 1. The van der Waals surface area contributed by atoms with E-state index < -0.39 is 0 Å². The second kappa shape index (κ2) is 4.06. The van der Waals surface area contributed by atoms with E-state index in [4.69, 9.17) is 4.74 Å². The molecule has 0 saturated carbocycles. The smallest absolute Gasteiger partial charge is 0.162 e. The van der Waals surface area contributed by atoms with Crippen LogP contribution in [0.1, 0.15) is 18.1 Å². The lowest BCUT2D eigenvalue weighted by atomic mass is 9.96. The molecule has 0 N–H and O–H groups in total. The van der Waals surface area contributed by atoms with Crippen LogP contribution in [-0.4, -0.2) is 5.78 Å². The van der Waals surface area contributed by atoms with Crippen LogP contribution in [0.25, 0.3) is 10.8 Å². The van der Waals surface area contributed by atoms with Gasteiger partial charge in [0.2, 0.25) is 0 Å². The van der Waals surface area contributed by atoms with E-state index in [2.05, 4.69) is 18.2 Å². The molecule has 1 atom stereocenters. The summed E-state index contributed by atoms with van der Waals surface area (Å²) in [6.07, 6.45) is 3.25. The third kappa shape index (κ3) is 1.82. The molecule has 3 rings (SSSR count). The van der Waals surface area contributed by atoms with Crippen LogP contribution < -0.4 is 0 Å². The SMILES string of the molecule is O=C1C=COC(c2cccc3ccccc23)C1. The molecule has 0 radical (unpaired) electrons. The van der Waals surface area contributed by atoms with E-state index in [0.29, 0.717) is 6.42 Å². The van der Waals surface area contributed by atoms with Crippen molar-refractivity contribution in [2.24, 2.45) is 0 Å². The van der Waals surface area contributed by atoms with Gasteiger partial charge < -0.3 is 4.74 Å². The van der Waals surface area contributed by atoms with Gasteiger partial charge >= 0.3 is 0 Å². The monoisotopic (exact) mass is 224 g/mol. The van der Waals surface area contributed by atoms with Gasteiger partial charge in [-0.1, -0.05) is 42.5 Å². The number of ketones is 1. The lowest BCUT2D eigenvalue weighted by Gasteiger charge is -2.20. The molecule has 2 nitrogen and oxygen atoms in total. The molecule has 1 unspecified atom stereocenters. The van der Waals surface area contributed by atoms with Gasteiger partial charge in [0.05, 0.1) is 12.7 Å². The fourth-order valence-electron chi connectivity index (χ4n) is 2.22. The van der Waals surface area contributed by atoms with Crippen molar-refractivity contribution in [3.05, 3.63) is 60.4 Å². The van der Waals surface area contributed by atoms with E-state index in [1.807, 2.05) is 24.3 Å². The molecule has 0 aliphatic carbocycles. The highest BCUT2D eigenvalue weighted by atomic mass is 16.5. The molecule has 84 valence electrons. The minimum absolute atomic E-state index is 0.120. The number of benzene rings is 2. The fraction of sp³-hybridized carbons (Fsp3) is 0.133. The Morgan fingerprint density at radius 2 is 1.88 bits per heavy atom. The number of carbonyl (C=O) groups excluding carboxylic acids is 1. The number of hydrogen-bond donors (Lipinski definition) is 0. The molecule has 0 spiro atoms. The molecular weight excluding hydrogens is 212 g/mol. The summed E-state index contributed by atoms with van der Waals surface area (Å²) in [5.41, 5.74) is 1.08. The number of carbonyl (C=O) groups is 1. The normalized spacial score (nSPS) is 19.3.